The number of carbonyl (C=O) groups excluding carboxylic acids is 1. The lowest BCUT2D eigenvalue weighted by molar-refractivity contribution is -0.113. The molecule has 3 aromatic carbocycles. The number of thioether (sulfide) groups is 1. The normalized spacial score (nSPS) is 11.1. The number of nitrogens with one attached hydrogen (secondary N) is 2. The Balaban J connectivity index is 1.35. The lowest BCUT2D eigenvalue weighted by Gasteiger charge is -2.09. The van der Waals surface area contributed by atoms with Gasteiger partial charge in [0, 0.05) is 11.3 Å². The Morgan fingerprint density at radius 2 is 1.74 bits per heavy atom. The average molecular weight is 515 g/mol. The molecule has 0 atom stereocenters. The molecule has 0 saturated heterocycles. The van der Waals surface area contributed by atoms with Crippen LogP contribution in [0.1, 0.15) is 0 Å². The zero-order valence-electron chi connectivity index (χ0n) is 18.3. The number of anilines is 2. The summed E-state index contributed by atoms with van der Waals surface area (Å²) in [5.41, 5.74) is 1.00. The van der Waals surface area contributed by atoms with Gasteiger partial charge in [0.15, 0.2) is 0 Å². The highest BCUT2D eigenvalue weighted by molar-refractivity contribution is 7.99. The van der Waals surface area contributed by atoms with Crippen molar-refractivity contribution < 1.29 is 26.8 Å². The molecule has 0 spiro atoms. The van der Waals surface area contributed by atoms with E-state index in [9.17, 15) is 17.6 Å². The number of halogens is 1. The van der Waals surface area contributed by atoms with E-state index >= 15 is 0 Å². The van der Waals surface area contributed by atoms with Crippen LogP contribution >= 0.6 is 11.8 Å². The fourth-order valence-corrected chi connectivity index (χ4v) is 4.53. The summed E-state index contributed by atoms with van der Waals surface area (Å²) in [6, 6.07) is 18.3. The lowest BCUT2D eigenvalue weighted by Crippen LogP contribution is -2.14. The van der Waals surface area contributed by atoms with Gasteiger partial charge >= 0.3 is 0 Å². The molecule has 12 heteroatoms. The number of aromatic nitrogens is 2. The number of nitrogens with zero attached hydrogens (tertiary/aromatic N) is 2. The van der Waals surface area contributed by atoms with Crippen molar-refractivity contribution in [1.29, 1.82) is 0 Å². The molecule has 0 radical (unpaired) electrons. The molecule has 0 aliphatic heterocycles. The molecule has 9 nitrogen and oxygen atoms in total. The van der Waals surface area contributed by atoms with Gasteiger partial charge in [-0.3, -0.25) is 9.52 Å². The number of methoxy groups -OCH3 is 1. The Morgan fingerprint density at radius 1 is 1.03 bits per heavy atom. The van der Waals surface area contributed by atoms with Crippen molar-refractivity contribution >= 4 is 39.1 Å². The van der Waals surface area contributed by atoms with Gasteiger partial charge in [0.25, 0.3) is 15.2 Å². The second-order valence-electron chi connectivity index (χ2n) is 7.05. The summed E-state index contributed by atoms with van der Waals surface area (Å²) in [4.78, 5) is 12.1. The van der Waals surface area contributed by atoms with Crippen LogP contribution in [0.25, 0.3) is 11.5 Å². The molecule has 180 valence electrons. The van der Waals surface area contributed by atoms with E-state index in [4.69, 9.17) is 9.15 Å². The van der Waals surface area contributed by atoms with E-state index in [1.54, 1.807) is 42.5 Å². The third-order valence-corrected chi connectivity index (χ3v) is 6.85. The summed E-state index contributed by atoms with van der Waals surface area (Å²) in [5, 5.41) is 10.5. The number of benzene rings is 3. The van der Waals surface area contributed by atoms with E-state index in [0.29, 0.717) is 17.0 Å². The molecule has 1 aromatic heterocycles. The van der Waals surface area contributed by atoms with Crippen LogP contribution in [0.4, 0.5) is 15.8 Å². The van der Waals surface area contributed by atoms with Crippen LogP contribution in [-0.2, 0) is 14.8 Å². The highest BCUT2D eigenvalue weighted by Gasteiger charge is 2.16. The topological polar surface area (TPSA) is 123 Å². The maximum atomic E-state index is 13.6. The van der Waals surface area contributed by atoms with E-state index in [0.717, 1.165) is 11.8 Å². The second-order valence-corrected chi connectivity index (χ2v) is 9.66. The van der Waals surface area contributed by atoms with Gasteiger partial charge in [0.1, 0.15) is 11.6 Å². The Hall–Kier alpha value is -3.90. The van der Waals surface area contributed by atoms with Crippen molar-refractivity contribution in [2.24, 2.45) is 0 Å². The molecule has 0 bridgehead atoms. The second kappa shape index (κ2) is 10.6. The number of para-hydroxylation sites is 1. The SMILES string of the molecule is COc1ccc(S(=O)(=O)Nc2ccc(-c3nnc(SCC(=O)Nc4ccccc4F)o3)cc2)cc1. The number of hydrogen-bond donors (Lipinski definition) is 2. The van der Waals surface area contributed by atoms with E-state index in [1.165, 1.54) is 37.4 Å². The maximum absolute atomic E-state index is 13.6. The Bertz CT molecular complexity index is 1430. The minimum absolute atomic E-state index is 0.0535. The summed E-state index contributed by atoms with van der Waals surface area (Å²) in [6.45, 7) is 0. The first kappa shape index (κ1) is 24.2. The molecule has 4 aromatic rings. The Kier molecular flexibility index (Phi) is 7.32. The molecule has 0 aliphatic carbocycles. The molecule has 0 saturated carbocycles. The molecule has 1 amide bonds. The minimum atomic E-state index is -3.77. The summed E-state index contributed by atoms with van der Waals surface area (Å²) >= 11 is 1.00. The number of sulfonamides is 1. The third kappa shape index (κ3) is 6.16. The smallest absolute Gasteiger partial charge is 0.277 e. The largest absolute Gasteiger partial charge is 0.497 e. The van der Waals surface area contributed by atoms with Crippen molar-refractivity contribution in [3.63, 3.8) is 0 Å². The quantitative estimate of drug-likeness (QED) is 0.315. The summed E-state index contributed by atoms with van der Waals surface area (Å²) < 4.78 is 51.9. The molecule has 4 rings (SSSR count). The van der Waals surface area contributed by atoms with Gasteiger partial charge in [-0.25, -0.2) is 12.8 Å². The van der Waals surface area contributed by atoms with Crippen molar-refractivity contribution in [3.05, 3.63) is 78.6 Å². The fourth-order valence-electron chi connectivity index (χ4n) is 2.91. The number of hydrogen-bond acceptors (Lipinski definition) is 8. The van der Waals surface area contributed by atoms with Gasteiger partial charge in [-0.15, -0.1) is 10.2 Å². The van der Waals surface area contributed by atoms with Crippen LogP contribution in [-0.4, -0.2) is 37.4 Å². The predicted octanol–water partition coefficient (Wildman–Crippen LogP) is 4.42. The van der Waals surface area contributed by atoms with Crippen molar-refractivity contribution in [2.45, 2.75) is 10.1 Å². The third-order valence-electron chi connectivity index (χ3n) is 4.63. The first-order valence-corrected chi connectivity index (χ1v) is 12.6. The number of amides is 1. The highest BCUT2D eigenvalue weighted by atomic mass is 32.2. The van der Waals surface area contributed by atoms with Gasteiger partial charge in [0.05, 0.1) is 23.4 Å². The van der Waals surface area contributed by atoms with Gasteiger partial charge in [0.2, 0.25) is 11.8 Å². The molecule has 0 aliphatic rings. The Morgan fingerprint density at radius 3 is 2.43 bits per heavy atom. The van der Waals surface area contributed by atoms with E-state index in [1.807, 2.05) is 0 Å². The van der Waals surface area contributed by atoms with Gasteiger partial charge < -0.3 is 14.5 Å². The molecule has 0 unspecified atom stereocenters. The number of carbonyl (C=O) groups is 1. The minimum Gasteiger partial charge on any atom is -0.497 e. The van der Waals surface area contributed by atoms with Crippen LogP contribution in [0, 0.1) is 5.82 Å². The molecule has 1 heterocycles. The van der Waals surface area contributed by atoms with Crippen LogP contribution in [0.15, 0.2) is 87.3 Å². The standard InChI is InChI=1S/C23H19FN4O5S2/c1-32-17-10-12-18(13-11-17)35(30,31)28-16-8-6-15(7-9-16)22-26-27-23(33-22)34-14-21(29)25-20-5-3-2-4-19(20)24/h2-13,28H,14H2,1H3,(H,25,29). The van der Waals surface area contributed by atoms with Crippen molar-refractivity contribution in [1.82, 2.24) is 10.2 Å². The van der Waals surface area contributed by atoms with Gasteiger partial charge in [-0.05, 0) is 60.7 Å². The zero-order chi connectivity index (χ0) is 24.8. The van der Waals surface area contributed by atoms with E-state index < -0.39 is 21.7 Å². The summed E-state index contributed by atoms with van der Waals surface area (Å²) in [7, 11) is -2.27. The predicted molar refractivity (Wildman–Crippen MR) is 129 cm³/mol. The zero-order valence-corrected chi connectivity index (χ0v) is 19.9. The molecule has 0 fully saturated rings. The van der Waals surface area contributed by atoms with Crippen molar-refractivity contribution in [2.75, 3.05) is 22.9 Å². The number of ether oxygens (including phenoxy) is 1. The highest BCUT2D eigenvalue weighted by Crippen LogP contribution is 2.26. The first-order valence-electron chi connectivity index (χ1n) is 10.1. The maximum Gasteiger partial charge on any atom is 0.277 e. The molecular weight excluding hydrogens is 495 g/mol. The van der Waals surface area contributed by atoms with Crippen LogP contribution < -0.4 is 14.8 Å². The average Bonchev–Trinajstić information content (AvgIpc) is 3.34. The van der Waals surface area contributed by atoms with Gasteiger partial charge in [-0.2, -0.15) is 0 Å². The molecule has 35 heavy (non-hydrogen) atoms. The van der Waals surface area contributed by atoms with Gasteiger partial charge in [-0.1, -0.05) is 23.9 Å². The van der Waals surface area contributed by atoms with E-state index in [-0.39, 0.29) is 27.4 Å². The molecule has 2 N–H and O–H groups in total. The Labute approximate surface area is 204 Å². The fraction of sp³-hybridized carbons (Fsp3) is 0.0870. The van der Waals surface area contributed by atoms with Crippen LogP contribution in [0.3, 0.4) is 0 Å². The first-order chi connectivity index (χ1) is 16.8. The number of rotatable bonds is 9. The lowest BCUT2D eigenvalue weighted by atomic mass is 10.2. The van der Waals surface area contributed by atoms with E-state index in [2.05, 4.69) is 20.2 Å². The van der Waals surface area contributed by atoms with Crippen molar-refractivity contribution in [3.8, 4) is 17.2 Å². The summed E-state index contributed by atoms with van der Waals surface area (Å²) in [5.74, 6) is -0.251. The van der Waals surface area contributed by atoms with Crippen LogP contribution in [0.2, 0.25) is 0 Å². The monoisotopic (exact) mass is 514 g/mol. The van der Waals surface area contributed by atoms with Crippen LogP contribution in [0.5, 0.6) is 5.75 Å². The summed E-state index contributed by atoms with van der Waals surface area (Å²) in [6.07, 6.45) is 0. The molecular formula is C23H19FN4O5S2.